The summed E-state index contributed by atoms with van der Waals surface area (Å²) >= 11 is 0. The zero-order chi connectivity index (χ0) is 11.1. The number of nitrogens with zero attached hydrogens (tertiary/aromatic N) is 2. The van der Waals surface area contributed by atoms with Gasteiger partial charge < -0.3 is 9.84 Å². The van der Waals surface area contributed by atoms with Crippen molar-refractivity contribution in [3.05, 3.63) is 11.7 Å². The summed E-state index contributed by atoms with van der Waals surface area (Å²) in [6.45, 7) is 6.58. The van der Waals surface area contributed by atoms with Gasteiger partial charge in [0.15, 0.2) is 5.82 Å². The second-order valence-corrected chi connectivity index (χ2v) is 5.19. The molecule has 15 heavy (non-hydrogen) atoms. The van der Waals surface area contributed by atoms with Crippen LogP contribution in [0.2, 0.25) is 0 Å². The Labute approximate surface area is 90.4 Å². The molecule has 1 aromatic heterocycles. The fourth-order valence-electron chi connectivity index (χ4n) is 1.76. The van der Waals surface area contributed by atoms with Crippen LogP contribution in [0.3, 0.4) is 0 Å². The van der Waals surface area contributed by atoms with Gasteiger partial charge in [0.2, 0.25) is 5.89 Å². The van der Waals surface area contributed by atoms with Crippen molar-refractivity contribution in [2.24, 2.45) is 5.41 Å². The van der Waals surface area contributed by atoms with Crippen LogP contribution in [0.25, 0.3) is 0 Å². The summed E-state index contributed by atoms with van der Waals surface area (Å²) in [5.74, 6) is 2.13. The molecule has 1 saturated carbocycles. The number of hydrogen-bond acceptors (Lipinski definition) is 4. The molecule has 0 bridgehead atoms. The van der Waals surface area contributed by atoms with E-state index >= 15 is 0 Å². The molecule has 1 heterocycles. The van der Waals surface area contributed by atoms with Crippen LogP contribution in [-0.2, 0) is 6.42 Å². The SMILES string of the molecule is CNC(C)Cc1nc(C2CC2(C)C)no1. The second-order valence-electron chi connectivity index (χ2n) is 5.19. The molecule has 2 unspecified atom stereocenters. The quantitative estimate of drug-likeness (QED) is 0.820. The average molecular weight is 209 g/mol. The van der Waals surface area contributed by atoms with Gasteiger partial charge >= 0.3 is 0 Å². The van der Waals surface area contributed by atoms with Crippen LogP contribution in [0.1, 0.15) is 44.8 Å². The van der Waals surface area contributed by atoms with Gasteiger partial charge in [-0.1, -0.05) is 19.0 Å². The second kappa shape index (κ2) is 3.59. The summed E-state index contributed by atoms with van der Waals surface area (Å²) in [6, 6.07) is 0.380. The van der Waals surface area contributed by atoms with Gasteiger partial charge in [-0.05, 0) is 25.8 Å². The van der Waals surface area contributed by atoms with Crippen molar-refractivity contribution < 1.29 is 4.52 Å². The molecule has 1 aliphatic carbocycles. The molecule has 0 aliphatic heterocycles. The van der Waals surface area contributed by atoms with E-state index in [-0.39, 0.29) is 0 Å². The van der Waals surface area contributed by atoms with E-state index in [4.69, 9.17) is 4.52 Å². The lowest BCUT2D eigenvalue weighted by atomic mass is 10.1. The summed E-state index contributed by atoms with van der Waals surface area (Å²) in [4.78, 5) is 4.44. The zero-order valence-electron chi connectivity index (χ0n) is 9.87. The minimum Gasteiger partial charge on any atom is -0.339 e. The lowest BCUT2D eigenvalue weighted by Crippen LogP contribution is -2.23. The Kier molecular flexibility index (Phi) is 2.54. The topological polar surface area (TPSA) is 51.0 Å². The Morgan fingerprint density at radius 3 is 2.80 bits per heavy atom. The molecule has 1 fully saturated rings. The molecular weight excluding hydrogens is 190 g/mol. The minimum absolute atomic E-state index is 0.371. The summed E-state index contributed by atoms with van der Waals surface area (Å²) < 4.78 is 5.23. The first-order valence-corrected chi connectivity index (χ1v) is 5.52. The zero-order valence-corrected chi connectivity index (χ0v) is 9.87. The van der Waals surface area contributed by atoms with Crippen molar-refractivity contribution >= 4 is 0 Å². The number of likely N-dealkylation sites (N-methyl/N-ethyl adjacent to an activating group) is 1. The van der Waals surface area contributed by atoms with Gasteiger partial charge in [-0.2, -0.15) is 4.98 Å². The Bertz CT molecular complexity index is 345. The van der Waals surface area contributed by atoms with Crippen LogP contribution in [0.15, 0.2) is 4.52 Å². The van der Waals surface area contributed by atoms with E-state index in [0.717, 1.165) is 18.1 Å². The predicted molar refractivity (Wildman–Crippen MR) is 57.7 cm³/mol. The van der Waals surface area contributed by atoms with E-state index < -0.39 is 0 Å². The van der Waals surface area contributed by atoms with Crippen molar-refractivity contribution in [1.29, 1.82) is 0 Å². The maximum atomic E-state index is 5.23. The highest BCUT2D eigenvalue weighted by Gasteiger charge is 2.49. The first-order valence-electron chi connectivity index (χ1n) is 5.52. The highest BCUT2D eigenvalue weighted by molar-refractivity contribution is 5.14. The fourth-order valence-corrected chi connectivity index (χ4v) is 1.76. The van der Waals surface area contributed by atoms with E-state index in [2.05, 4.69) is 36.2 Å². The van der Waals surface area contributed by atoms with Gasteiger partial charge in [0.1, 0.15) is 0 Å². The molecule has 1 aromatic rings. The molecule has 1 aliphatic rings. The molecule has 0 saturated heterocycles. The van der Waals surface area contributed by atoms with Crippen LogP contribution in [-0.4, -0.2) is 23.2 Å². The molecule has 0 radical (unpaired) electrons. The monoisotopic (exact) mass is 209 g/mol. The van der Waals surface area contributed by atoms with Crippen molar-refractivity contribution in [3.8, 4) is 0 Å². The van der Waals surface area contributed by atoms with E-state index in [1.54, 1.807) is 0 Å². The molecule has 2 rings (SSSR count). The smallest absolute Gasteiger partial charge is 0.228 e. The van der Waals surface area contributed by atoms with Crippen LogP contribution in [0.4, 0.5) is 0 Å². The summed E-state index contributed by atoms with van der Waals surface area (Å²) in [5.41, 5.74) is 0.371. The van der Waals surface area contributed by atoms with E-state index in [1.807, 2.05) is 7.05 Å². The standard InChI is InChI=1S/C11H19N3O/c1-7(12-4)5-9-13-10(14-15-9)8-6-11(8,2)3/h7-8,12H,5-6H2,1-4H3. The Morgan fingerprint density at radius 2 is 2.27 bits per heavy atom. The lowest BCUT2D eigenvalue weighted by Gasteiger charge is -2.04. The van der Waals surface area contributed by atoms with Gasteiger partial charge in [-0.3, -0.25) is 0 Å². The molecule has 4 heteroatoms. The van der Waals surface area contributed by atoms with Crippen LogP contribution < -0.4 is 5.32 Å². The predicted octanol–water partition coefficient (Wildman–Crippen LogP) is 1.73. The Balaban J connectivity index is 1.99. The van der Waals surface area contributed by atoms with Crippen molar-refractivity contribution in [1.82, 2.24) is 15.5 Å². The molecule has 4 nitrogen and oxygen atoms in total. The summed E-state index contributed by atoms with van der Waals surface area (Å²) in [6.07, 6.45) is 1.98. The third-order valence-corrected chi connectivity index (χ3v) is 3.28. The molecule has 0 aromatic carbocycles. The van der Waals surface area contributed by atoms with E-state index in [0.29, 0.717) is 17.4 Å². The highest BCUT2D eigenvalue weighted by atomic mass is 16.5. The van der Waals surface area contributed by atoms with Crippen molar-refractivity contribution in [3.63, 3.8) is 0 Å². The Hall–Kier alpha value is -0.900. The van der Waals surface area contributed by atoms with Gasteiger partial charge in [0, 0.05) is 18.4 Å². The van der Waals surface area contributed by atoms with Gasteiger partial charge in [0.25, 0.3) is 0 Å². The summed E-state index contributed by atoms with van der Waals surface area (Å²) in [5, 5.41) is 7.20. The molecule has 84 valence electrons. The van der Waals surface area contributed by atoms with Crippen LogP contribution in [0, 0.1) is 5.41 Å². The number of nitrogens with one attached hydrogen (secondary N) is 1. The van der Waals surface area contributed by atoms with E-state index in [9.17, 15) is 0 Å². The maximum absolute atomic E-state index is 5.23. The largest absolute Gasteiger partial charge is 0.339 e. The normalized spacial score (nSPS) is 25.2. The third-order valence-electron chi connectivity index (χ3n) is 3.28. The van der Waals surface area contributed by atoms with E-state index in [1.165, 1.54) is 6.42 Å². The number of rotatable bonds is 4. The first-order chi connectivity index (χ1) is 7.03. The molecule has 0 spiro atoms. The van der Waals surface area contributed by atoms with Crippen LogP contribution >= 0.6 is 0 Å². The van der Waals surface area contributed by atoms with Gasteiger partial charge in [0.05, 0.1) is 0 Å². The third kappa shape index (κ3) is 2.20. The maximum Gasteiger partial charge on any atom is 0.228 e. The molecular formula is C11H19N3O. The molecule has 0 amide bonds. The number of hydrogen-bond donors (Lipinski definition) is 1. The van der Waals surface area contributed by atoms with Gasteiger partial charge in [-0.25, -0.2) is 0 Å². The summed E-state index contributed by atoms with van der Waals surface area (Å²) in [7, 11) is 1.94. The first kappa shape index (κ1) is 10.6. The Morgan fingerprint density at radius 1 is 1.60 bits per heavy atom. The molecule has 2 atom stereocenters. The number of aromatic nitrogens is 2. The van der Waals surface area contributed by atoms with Crippen LogP contribution in [0.5, 0.6) is 0 Å². The average Bonchev–Trinajstić information content (AvgIpc) is 2.63. The lowest BCUT2D eigenvalue weighted by molar-refractivity contribution is 0.359. The minimum atomic E-state index is 0.371. The van der Waals surface area contributed by atoms with Crippen molar-refractivity contribution in [2.75, 3.05) is 7.05 Å². The molecule has 1 N–H and O–H groups in total. The van der Waals surface area contributed by atoms with Crippen molar-refractivity contribution in [2.45, 2.75) is 45.6 Å². The highest BCUT2D eigenvalue weighted by Crippen LogP contribution is 2.57. The van der Waals surface area contributed by atoms with Gasteiger partial charge in [-0.15, -0.1) is 0 Å². The fraction of sp³-hybridized carbons (Fsp3) is 0.818.